The number of hydrogen-bond acceptors (Lipinski definition) is 3. The van der Waals surface area contributed by atoms with Gasteiger partial charge in [-0.05, 0) is 42.3 Å². The Bertz CT molecular complexity index is 1370. The smallest absolute Gasteiger partial charge is 0.416 e. The van der Waals surface area contributed by atoms with Crippen LogP contribution in [0.3, 0.4) is 0 Å². The minimum absolute atomic E-state index is 0.132. The van der Waals surface area contributed by atoms with E-state index < -0.39 is 17.8 Å². The van der Waals surface area contributed by atoms with Crippen LogP contribution in [0.15, 0.2) is 72.8 Å². The molecule has 0 unspecified atom stereocenters. The molecule has 0 aliphatic heterocycles. The number of rotatable bonds is 5. The lowest BCUT2D eigenvalue weighted by atomic mass is 10.0. The van der Waals surface area contributed by atoms with Gasteiger partial charge in [-0.15, -0.1) is 0 Å². The number of fused-ring (bicyclic) bond motifs is 1. The third-order valence-corrected chi connectivity index (χ3v) is 5.44. The number of halogens is 3. The molecule has 1 aromatic heterocycles. The molecule has 0 spiro atoms. The quantitative estimate of drug-likeness (QED) is 0.348. The Labute approximate surface area is 194 Å². The molecule has 4 rings (SSSR count). The lowest BCUT2D eigenvalue weighted by molar-refractivity contribution is -0.137. The second kappa shape index (κ2) is 9.32. The van der Waals surface area contributed by atoms with Crippen molar-refractivity contribution in [3.8, 4) is 17.3 Å². The van der Waals surface area contributed by atoms with Crippen LogP contribution < -0.4 is 5.32 Å². The van der Waals surface area contributed by atoms with Gasteiger partial charge in [-0.25, -0.2) is 4.79 Å². The van der Waals surface area contributed by atoms with Gasteiger partial charge in [0.2, 0.25) is 0 Å². The molecule has 5 nitrogen and oxygen atoms in total. The molecule has 0 radical (unpaired) electrons. The van der Waals surface area contributed by atoms with Gasteiger partial charge in [0.15, 0.2) is 0 Å². The molecule has 0 saturated heterocycles. The third kappa shape index (κ3) is 4.59. The maximum absolute atomic E-state index is 13.2. The summed E-state index contributed by atoms with van der Waals surface area (Å²) in [6, 6.07) is 21.5. The van der Waals surface area contributed by atoms with E-state index in [0.29, 0.717) is 40.0 Å². The lowest BCUT2D eigenvalue weighted by Gasteiger charge is -2.11. The van der Waals surface area contributed by atoms with Crippen LogP contribution in [0.25, 0.3) is 22.2 Å². The fourth-order valence-corrected chi connectivity index (χ4v) is 3.86. The van der Waals surface area contributed by atoms with Crippen molar-refractivity contribution in [2.75, 3.05) is 5.32 Å². The average Bonchev–Trinajstić information content (AvgIpc) is 3.16. The summed E-state index contributed by atoms with van der Waals surface area (Å²) in [6.45, 7) is 2.32. The summed E-state index contributed by atoms with van der Waals surface area (Å²) < 4.78 is 46.6. The first kappa shape index (κ1) is 22.9. The number of nitrogens with one attached hydrogen (secondary N) is 1. The number of nitriles is 1. The number of aromatic nitrogens is 1. The number of anilines is 1. The molecule has 34 heavy (non-hydrogen) atoms. The summed E-state index contributed by atoms with van der Waals surface area (Å²) in [5.41, 5.74) is 2.39. The van der Waals surface area contributed by atoms with Crippen LogP contribution in [-0.2, 0) is 24.1 Å². The van der Waals surface area contributed by atoms with E-state index in [9.17, 15) is 23.2 Å². The maximum atomic E-state index is 13.2. The van der Waals surface area contributed by atoms with Crippen LogP contribution in [0.5, 0.6) is 0 Å². The summed E-state index contributed by atoms with van der Waals surface area (Å²) >= 11 is 0. The molecule has 0 bridgehead atoms. The van der Waals surface area contributed by atoms with E-state index in [1.54, 1.807) is 28.8 Å². The van der Waals surface area contributed by atoms with Crippen molar-refractivity contribution in [2.24, 2.45) is 0 Å². The number of alkyl halides is 3. The minimum atomic E-state index is -4.48. The van der Waals surface area contributed by atoms with Gasteiger partial charge in [-0.3, -0.25) is 5.32 Å². The number of ether oxygens (including phenoxy) is 1. The zero-order valence-corrected chi connectivity index (χ0v) is 18.2. The maximum Gasteiger partial charge on any atom is 0.416 e. The van der Waals surface area contributed by atoms with Crippen LogP contribution in [0.4, 0.5) is 23.7 Å². The van der Waals surface area contributed by atoms with Crippen molar-refractivity contribution in [3.63, 3.8) is 0 Å². The standard InChI is InChI=1S/C26H20F3N3O2/c1-2-32-23-14-19(26(27,28)29)10-13-21(23)22(15-30)24(32)18-8-11-20(12-9-18)31-25(33)34-16-17-6-4-3-5-7-17/h3-14H,2,16H2,1H3,(H,31,33). The Kier molecular flexibility index (Phi) is 6.28. The molecule has 8 heteroatoms. The van der Waals surface area contributed by atoms with E-state index in [0.717, 1.165) is 17.7 Å². The Hall–Kier alpha value is -4.25. The molecule has 0 fully saturated rings. The van der Waals surface area contributed by atoms with Gasteiger partial charge in [0, 0.05) is 17.6 Å². The topological polar surface area (TPSA) is 67.1 Å². The second-order valence-electron chi connectivity index (χ2n) is 7.57. The lowest BCUT2D eigenvalue weighted by Crippen LogP contribution is -2.13. The van der Waals surface area contributed by atoms with Crippen LogP contribution >= 0.6 is 0 Å². The first-order chi connectivity index (χ1) is 16.3. The molecule has 0 aliphatic carbocycles. The molecule has 4 aromatic rings. The second-order valence-corrected chi connectivity index (χ2v) is 7.57. The molecule has 1 amide bonds. The van der Waals surface area contributed by atoms with E-state index in [1.165, 1.54) is 6.07 Å². The molecule has 172 valence electrons. The van der Waals surface area contributed by atoms with Crippen molar-refractivity contribution in [1.29, 1.82) is 5.26 Å². The molecular weight excluding hydrogens is 443 g/mol. The predicted octanol–water partition coefficient (Wildman–Crippen LogP) is 6.97. The third-order valence-electron chi connectivity index (χ3n) is 5.44. The van der Waals surface area contributed by atoms with Gasteiger partial charge in [-0.2, -0.15) is 18.4 Å². The molecule has 1 N–H and O–H groups in total. The normalized spacial score (nSPS) is 11.3. The average molecular weight is 463 g/mol. The number of carbonyl (C=O) groups is 1. The highest BCUT2D eigenvalue weighted by atomic mass is 19.4. The zero-order chi connectivity index (χ0) is 24.3. The highest BCUT2D eigenvalue weighted by Gasteiger charge is 2.31. The van der Waals surface area contributed by atoms with E-state index in [4.69, 9.17) is 4.74 Å². The molecular formula is C26H20F3N3O2. The van der Waals surface area contributed by atoms with E-state index in [2.05, 4.69) is 11.4 Å². The Morgan fingerprint density at radius 3 is 2.38 bits per heavy atom. The summed E-state index contributed by atoms with van der Waals surface area (Å²) in [5, 5.41) is 12.9. The number of nitrogens with zero attached hydrogens (tertiary/aromatic N) is 2. The van der Waals surface area contributed by atoms with Crippen LogP contribution in [0.2, 0.25) is 0 Å². The van der Waals surface area contributed by atoms with Gasteiger partial charge < -0.3 is 9.30 Å². The van der Waals surface area contributed by atoms with Crippen molar-refractivity contribution in [1.82, 2.24) is 4.57 Å². The van der Waals surface area contributed by atoms with E-state index in [-0.39, 0.29) is 6.61 Å². The fourth-order valence-electron chi connectivity index (χ4n) is 3.86. The van der Waals surface area contributed by atoms with Crippen molar-refractivity contribution in [2.45, 2.75) is 26.3 Å². The monoisotopic (exact) mass is 463 g/mol. The zero-order valence-electron chi connectivity index (χ0n) is 18.2. The fraction of sp³-hybridized carbons (Fsp3) is 0.154. The summed E-state index contributed by atoms with van der Waals surface area (Å²) in [7, 11) is 0. The SMILES string of the molecule is CCn1c(-c2ccc(NC(=O)OCc3ccccc3)cc2)c(C#N)c2ccc(C(F)(F)F)cc21. The molecule has 0 atom stereocenters. The summed E-state index contributed by atoms with van der Waals surface area (Å²) in [6.07, 6.45) is -5.09. The van der Waals surface area contributed by atoms with Gasteiger partial charge in [0.05, 0.1) is 22.3 Å². The van der Waals surface area contributed by atoms with E-state index >= 15 is 0 Å². The minimum Gasteiger partial charge on any atom is -0.444 e. The van der Waals surface area contributed by atoms with Crippen LogP contribution in [-0.4, -0.2) is 10.7 Å². The Morgan fingerprint density at radius 2 is 1.76 bits per heavy atom. The Morgan fingerprint density at radius 1 is 1.06 bits per heavy atom. The van der Waals surface area contributed by atoms with Crippen molar-refractivity contribution < 1.29 is 22.7 Å². The molecule has 1 heterocycles. The first-order valence-electron chi connectivity index (χ1n) is 10.5. The molecule has 0 aliphatic rings. The van der Waals surface area contributed by atoms with Crippen LogP contribution in [0.1, 0.15) is 23.6 Å². The highest BCUT2D eigenvalue weighted by molar-refractivity contribution is 5.95. The summed E-state index contributed by atoms with van der Waals surface area (Å²) in [5.74, 6) is 0. The van der Waals surface area contributed by atoms with Gasteiger partial charge in [0.25, 0.3) is 0 Å². The number of aryl methyl sites for hydroxylation is 1. The van der Waals surface area contributed by atoms with Gasteiger partial charge in [-0.1, -0.05) is 48.5 Å². The van der Waals surface area contributed by atoms with Crippen molar-refractivity contribution in [3.05, 3.63) is 89.5 Å². The number of carbonyl (C=O) groups excluding carboxylic acids is 1. The molecule has 0 saturated carbocycles. The van der Waals surface area contributed by atoms with Crippen LogP contribution in [0, 0.1) is 11.3 Å². The number of hydrogen-bond donors (Lipinski definition) is 1. The Balaban J connectivity index is 1.60. The van der Waals surface area contributed by atoms with Gasteiger partial charge in [0.1, 0.15) is 12.7 Å². The van der Waals surface area contributed by atoms with E-state index in [1.807, 2.05) is 37.3 Å². The first-order valence-corrected chi connectivity index (χ1v) is 10.5. The largest absolute Gasteiger partial charge is 0.444 e. The summed E-state index contributed by atoms with van der Waals surface area (Å²) in [4.78, 5) is 12.1. The highest BCUT2D eigenvalue weighted by Crippen LogP contribution is 2.37. The predicted molar refractivity (Wildman–Crippen MR) is 123 cm³/mol. The van der Waals surface area contributed by atoms with Crippen molar-refractivity contribution >= 4 is 22.7 Å². The van der Waals surface area contributed by atoms with Gasteiger partial charge >= 0.3 is 12.3 Å². The number of benzene rings is 3. The number of amides is 1. The molecule has 3 aromatic carbocycles.